The summed E-state index contributed by atoms with van der Waals surface area (Å²) in [7, 11) is -4.80. The first-order chi connectivity index (χ1) is 11.7. The first-order valence-corrected chi connectivity index (χ1v) is 9.48. The van der Waals surface area contributed by atoms with Crippen molar-refractivity contribution < 1.29 is 26.8 Å². The Morgan fingerprint density at radius 3 is 2.64 bits per heavy atom. The second kappa shape index (κ2) is 6.86. The van der Waals surface area contributed by atoms with E-state index in [1.54, 1.807) is 0 Å². The van der Waals surface area contributed by atoms with E-state index in [2.05, 4.69) is 9.60 Å². The molecule has 0 saturated carbocycles. The average Bonchev–Trinajstić information content (AvgIpc) is 3.09. The van der Waals surface area contributed by atoms with Crippen LogP contribution in [0.4, 0.5) is 4.79 Å². The molecule has 3 heterocycles. The van der Waals surface area contributed by atoms with E-state index in [1.165, 1.54) is 4.90 Å². The van der Waals surface area contributed by atoms with Gasteiger partial charge in [-0.25, -0.2) is 4.79 Å². The van der Waals surface area contributed by atoms with Crippen molar-refractivity contribution in [2.45, 2.75) is 37.8 Å². The Kier molecular flexibility index (Phi) is 4.95. The normalized spacial score (nSPS) is 27.0. The van der Waals surface area contributed by atoms with Gasteiger partial charge in [0.05, 0.1) is 18.6 Å². The molecule has 2 unspecified atom stereocenters. The van der Waals surface area contributed by atoms with Crippen LogP contribution in [0.5, 0.6) is 0 Å². The summed E-state index contributed by atoms with van der Waals surface area (Å²) < 4.78 is 34.8. The lowest BCUT2D eigenvalue weighted by atomic mass is 10.00. The summed E-state index contributed by atoms with van der Waals surface area (Å²) in [6.45, 7) is 2.10. The van der Waals surface area contributed by atoms with Crippen molar-refractivity contribution in [2.24, 2.45) is 0 Å². The van der Waals surface area contributed by atoms with E-state index in [4.69, 9.17) is 9.96 Å². The number of carbonyl (C=O) groups is 2. The third-order valence-corrected chi connectivity index (χ3v) is 5.02. The van der Waals surface area contributed by atoms with Crippen LogP contribution in [0.2, 0.25) is 0 Å². The molecule has 11 nitrogen and oxygen atoms in total. The first kappa shape index (κ1) is 18.0. The van der Waals surface area contributed by atoms with Crippen LogP contribution < -0.4 is 5.32 Å². The summed E-state index contributed by atoms with van der Waals surface area (Å²) >= 11 is 0. The summed E-state index contributed by atoms with van der Waals surface area (Å²) in [5, 5.41) is 11.2. The fourth-order valence-electron chi connectivity index (χ4n) is 3.55. The molecule has 3 fully saturated rings. The maximum Gasteiger partial charge on any atom is 0.418 e. The molecule has 0 aromatic carbocycles. The lowest BCUT2D eigenvalue weighted by Crippen LogP contribution is -2.52. The quantitative estimate of drug-likeness (QED) is 0.323. The molecule has 0 aromatic heterocycles. The van der Waals surface area contributed by atoms with Crippen LogP contribution >= 0.6 is 0 Å². The number of nitrogens with one attached hydrogen (secondary N) is 2. The van der Waals surface area contributed by atoms with Crippen LogP contribution in [0.15, 0.2) is 0 Å². The van der Waals surface area contributed by atoms with Crippen molar-refractivity contribution in [2.75, 3.05) is 26.2 Å². The highest BCUT2D eigenvalue weighted by Gasteiger charge is 2.48. The SMILES string of the molecule is N=C(NC(=O)CN1CCCC1)C1CCC2CN1C(=O)N2OS(=O)(=O)O. The predicted octanol–water partition coefficient (Wildman–Crippen LogP) is -0.821. The van der Waals surface area contributed by atoms with Crippen LogP contribution in [0.25, 0.3) is 0 Å². The Morgan fingerprint density at radius 1 is 1.32 bits per heavy atom. The second-order valence-electron chi connectivity index (χ2n) is 6.46. The zero-order valence-electron chi connectivity index (χ0n) is 13.5. The number of nitrogens with zero attached hydrogens (tertiary/aromatic N) is 3. The first-order valence-electron chi connectivity index (χ1n) is 8.12. The highest BCUT2D eigenvalue weighted by atomic mass is 32.3. The smallest absolute Gasteiger partial charge is 0.312 e. The highest BCUT2D eigenvalue weighted by Crippen LogP contribution is 2.30. The summed E-state index contributed by atoms with van der Waals surface area (Å²) in [6, 6.07) is -1.91. The zero-order chi connectivity index (χ0) is 18.2. The molecule has 140 valence electrons. The topological polar surface area (TPSA) is 143 Å². The number of likely N-dealkylation sites (tertiary alicyclic amines) is 1. The summed E-state index contributed by atoms with van der Waals surface area (Å²) in [5.74, 6) is -0.392. The van der Waals surface area contributed by atoms with Crippen molar-refractivity contribution in [1.29, 1.82) is 5.41 Å². The van der Waals surface area contributed by atoms with Gasteiger partial charge in [-0.1, -0.05) is 0 Å². The number of carbonyl (C=O) groups excluding carboxylic acids is 2. The maximum absolute atomic E-state index is 12.3. The van der Waals surface area contributed by atoms with E-state index in [-0.39, 0.29) is 24.8 Å². The molecular formula is C13H21N5O6S. The Hall–Kier alpha value is -1.76. The summed E-state index contributed by atoms with van der Waals surface area (Å²) in [5.41, 5.74) is 0. The molecule has 3 saturated heterocycles. The van der Waals surface area contributed by atoms with Gasteiger partial charge in [0.1, 0.15) is 5.84 Å². The lowest BCUT2D eigenvalue weighted by Gasteiger charge is -2.30. The molecule has 3 amide bonds. The third-order valence-electron chi connectivity index (χ3n) is 4.67. The minimum absolute atomic E-state index is 0.0929. The minimum atomic E-state index is -4.80. The predicted molar refractivity (Wildman–Crippen MR) is 84.9 cm³/mol. The fourth-order valence-corrected chi connectivity index (χ4v) is 3.94. The molecule has 3 rings (SSSR count). The monoisotopic (exact) mass is 375 g/mol. The van der Waals surface area contributed by atoms with Gasteiger partial charge in [0.2, 0.25) is 5.91 Å². The average molecular weight is 375 g/mol. The molecule has 0 aliphatic carbocycles. The van der Waals surface area contributed by atoms with Gasteiger partial charge in [-0.3, -0.25) is 19.7 Å². The highest BCUT2D eigenvalue weighted by molar-refractivity contribution is 7.80. The van der Waals surface area contributed by atoms with E-state index >= 15 is 0 Å². The standard InChI is InChI=1S/C13H21N5O6S/c14-12(15-11(19)8-16-5-1-2-6-16)10-4-3-9-7-17(10)13(20)18(9)24-25(21,22)23/h9-10H,1-8H2,(H2,14,15,19)(H,21,22,23). The number of amides is 3. The molecule has 3 aliphatic heterocycles. The third kappa shape index (κ3) is 4.08. The molecule has 3 N–H and O–H groups in total. The summed E-state index contributed by atoms with van der Waals surface area (Å²) in [4.78, 5) is 27.6. The Bertz CT molecular complexity index is 676. The number of fused-ring (bicyclic) bond motifs is 2. The van der Waals surface area contributed by atoms with Gasteiger partial charge >= 0.3 is 16.4 Å². The van der Waals surface area contributed by atoms with Crippen LogP contribution in [0.3, 0.4) is 0 Å². The van der Waals surface area contributed by atoms with Gasteiger partial charge in [-0.05, 0) is 38.8 Å². The Balaban J connectivity index is 1.59. The van der Waals surface area contributed by atoms with Gasteiger partial charge in [-0.15, -0.1) is 4.28 Å². The molecule has 0 radical (unpaired) electrons. The molecule has 12 heteroatoms. The lowest BCUT2D eigenvalue weighted by molar-refractivity contribution is -0.120. The fraction of sp³-hybridized carbons (Fsp3) is 0.769. The number of piperidine rings is 1. The van der Waals surface area contributed by atoms with Crippen molar-refractivity contribution in [3.8, 4) is 0 Å². The molecule has 3 aliphatic rings. The van der Waals surface area contributed by atoms with Gasteiger partial charge < -0.3 is 10.2 Å². The Morgan fingerprint density at radius 2 is 2.00 bits per heavy atom. The Labute approximate surface area is 145 Å². The van der Waals surface area contributed by atoms with Crippen molar-refractivity contribution >= 4 is 28.2 Å². The molecule has 0 spiro atoms. The van der Waals surface area contributed by atoms with Crippen LogP contribution in [-0.4, -0.2) is 83.9 Å². The van der Waals surface area contributed by atoms with E-state index < -0.39 is 28.5 Å². The van der Waals surface area contributed by atoms with Gasteiger partial charge in [0, 0.05) is 6.54 Å². The number of hydrogen-bond donors (Lipinski definition) is 3. The van der Waals surface area contributed by atoms with Crippen molar-refractivity contribution in [3.05, 3.63) is 0 Å². The number of amidine groups is 1. The number of rotatable bonds is 5. The van der Waals surface area contributed by atoms with Crippen molar-refractivity contribution in [3.63, 3.8) is 0 Å². The van der Waals surface area contributed by atoms with Crippen LogP contribution in [0.1, 0.15) is 25.7 Å². The molecule has 2 bridgehead atoms. The van der Waals surface area contributed by atoms with E-state index in [0.717, 1.165) is 25.9 Å². The van der Waals surface area contributed by atoms with Crippen molar-refractivity contribution in [1.82, 2.24) is 20.2 Å². The maximum atomic E-state index is 12.3. The van der Waals surface area contributed by atoms with E-state index in [9.17, 15) is 18.0 Å². The molecule has 2 atom stereocenters. The van der Waals surface area contributed by atoms with Gasteiger partial charge in [-0.2, -0.15) is 13.5 Å². The molecule has 0 aromatic rings. The van der Waals surface area contributed by atoms with Crippen LogP contribution in [0, 0.1) is 5.41 Å². The second-order valence-corrected chi connectivity index (χ2v) is 7.46. The number of hydrogen-bond acceptors (Lipinski definition) is 7. The summed E-state index contributed by atoms with van der Waals surface area (Å²) in [6.07, 6.45) is 2.90. The number of urea groups is 1. The van der Waals surface area contributed by atoms with E-state index in [1.807, 2.05) is 4.90 Å². The van der Waals surface area contributed by atoms with Gasteiger partial charge in [0.15, 0.2) is 0 Å². The largest absolute Gasteiger partial charge is 0.418 e. The zero-order valence-corrected chi connectivity index (χ0v) is 14.4. The number of hydroxylamine groups is 2. The molecular weight excluding hydrogens is 354 g/mol. The minimum Gasteiger partial charge on any atom is -0.312 e. The van der Waals surface area contributed by atoms with Gasteiger partial charge in [0.25, 0.3) is 0 Å². The molecule has 25 heavy (non-hydrogen) atoms. The van der Waals surface area contributed by atoms with Crippen LogP contribution in [-0.2, 0) is 19.5 Å². The van der Waals surface area contributed by atoms with E-state index in [0.29, 0.717) is 17.9 Å².